The minimum Gasteiger partial charge on any atom is -0.466 e. The first-order valence-electron chi connectivity index (χ1n) is 6.73. The zero-order valence-corrected chi connectivity index (χ0v) is 13.1. The predicted octanol–water partition coefficient (Wildman–Crippen LogP) is 3.87. The van der Waals surface area contributed by atoms with Gasteiger partial charge >= 0.3 is 11.9 Å². The Balaban J connectivity index is 2.19. The van der Waals surface area contributed by atoms with E-state index in [1.807, 2.05) is 0 Å². The normalized spacial score (nSPS) is 10.1. The number of benzene rings is 1. The first-order valence-corrected chi connectivity index (χ1v) is 7.53. The third kappa shape index (κ3) is 7.28. The van der Waals surface area contributed by atoms with E-state index in [2.05, 4.69) is 22.9 Å². The highest BCUT2D eigenvalue weighted by Crippen LogP contribution is 2.16. The maximum Gasteiger partial charge on any atom is 0.311 e. The number of carbonyl (C=O) groups excluding carboxylic acids is 2. The molecule has 0 unspecified atom stereocenters. The van der Waals surface area contributed by atoms with E-state index >= 15 is 0 Å². The smallest absolute Gasteiger partial charge is 0.311 e. The highest BCUT2D eigenvalue weighted by molar-refractivity contribution is 9.10. The van der Waals surface area contributed by atoms with Gasteiger partial charge in [-0.1, -0.05) is 35.7 Å². The van der Waals surface area contributed by atoms with Crippen molar-refractivity contribution in [2.45, 2.75) is 39.0 Å². The maximum atomic E-state index is 11.5. The highest BCUT2D eigenvalue weighted by atomic mass is 79.9. The summed E-state index contributed by atoms with van der Waals surface area (Å²) in [5.41, 5.74) is 0. The third-order valence-electron chi connectivity index (χ3n) is 2.59. The van der Waals surface area contributed by atoms with Crippen LogP contribution < -0.4 is 4.74 Å². The monoisotopic (exact) mass is 342 g/mol. The molecule has 0 heterocycles. The van der Waals surface area contributed by atoms with E-state index in [9.17, 15) is 9.59 Å². The molecule has 0 aliphatic heterocycles. The summed E-state index contributed by atoms with van der Waals surface area (Å²) in [6.07, 6.45) is 3.08. The molecule has 1 aromatic carbocycles. The fourth-order valence-electron chi connectivity index (χ4n) is 1.50. The van der Waals surface area contributed by atoms with E-state index in [1.54, 1.807) is 24.3 Å². The SMILES string of the molecule is CCCCCOC(=O)CCC(=O)Oc1ccc(Br)cc1. The fourth-order valence-corrected chi connectivity index (χ4v) is 1.76. The molecule has 110 valence electrons. The fraction of sp³-hybridized carbons (Fsp3) is 0.467. The van der Waals surface area contributed by atoms with Gasteiger partial charge in [-0.2, -0.15) is 0 Å². The number of carbonyl (C=O) groups is 2. The standard InChI is InChI=1S/C15H19BrO4/c1-2-3-4-11-19-14(17)9-10-15(18)20-13-7-5-12(16)6-8-13/h5-8H,2-4,9-11H2,1H3. The van der Waals surface area contributed by atoms with Crippen LogP contribution >= 0.6 is 15.9 Å². The molecule has 0 radical (unpaired) electrons. The molecule has 0 amide bonds. The summed E-state index contributed by atoms with van der Waals surface area (Å²) in [6.45, 7) is 2.51. The zero-order chi connectivity index (χ0) is 14.8. The Bertz CT molecular complexity index is 428. The summed E-state index contributed by atoms with van der Waals surface area (Å²) in [7, 11) is 0. The van der Waals surface area contributed by atoms with Gasteiger partial charge in [0, 0.05) is 4.47 Å². The van der Waals surface area contributed by atoms with Crippen LogP contribution in [0.1, 0.15) is 39.0 Å². The van der Waals surface area contributed by atoms with Crippen LogP contribution in [0.25, 0.3) is 0 Å². The molecule has 0 aliphatic rings. The van der Waals surface area contributed by atoms with Gasteiger partial charge in [0.05, 0.1) is 19.4 Å². The number of hydrogen-bond donors (Lipinski definition) is 0. The van der Waals surface area contributed by atoms with Crippen LogP contribution in [0.4, 0.5) is 0 Å². The van der Waals surface area contributed by atoms with Crippen LogP contribution in [-0.2, 0) is 14.3 Å². The van der Waals surface area contributed by atoms with Gasteiger partial charge in [0.1, 0.15) is 5.75 Å². The zero-order valence-electron chi connectivity index (χ0n) is 11.6. The van der Waals surface area contributed by atoms with Gasteiger partial charge in [0.25, 0.3) is 0 Å². The van der Waals surface area contributed by atoms with Crippen molar-refractivity contribution in [1.29, 1.82) is 0 Å². The molecule has 0 saturated carbocycles. The van der Waals surface area contributed by atoms with Crippen LogP contribution in [-0.4, -0.2) is 18.5 Å². The van der Waals surface area contributed by atoms with Gasteiger partial charge in [0.15, 0.2) is 0 Å². The molecular formula is C15H19BrO4. The van der Waals surface area contributed by atoms with Gasteiger partial charge in [-0.05, 0) is 30.7 Å². The molecule has 0 N–H and O–H groups in total. The summed E-state index contributed by atoms with van der Waals surface area (Å²) in [4.78, 5) is 22.9. The second-order valence-corrected chi connectivity index (χ2v) is 5.27. The molecule has 0 bridgehead atoms. The lowest BCUT2D eigenvalue weighted by Gasteiger charge is -2.05. The lowest BCUT2D eigenvalue weighted by atomic mass is 10.3. The Kier molecular flexibility index (Phi) is 7.95. The lowest BCUT2D eigenvalue weighted by Crippen LogP contribution is -2.12. The Morgan fingerprint density at radius 2 is 1.70 bits per heavy atom. The van der Waals surface area contributed by atoms with Crippen LogP contribution in [0.5, 0.6) is 5.75 Å². The molecule has 0 atom stereocenters. The molecule has 4 nitrogen and oxygen atoms in total. The van der Waals surface area contributed by atoms with Gasteiger partial charge in [-0.25, -0.2) is 0 Å². The summed E-state index contributed by atoms with van der Waals surface area (Å²) in [5.74, 6) is -0.318. The van der Waals surface area contributed by atoms with Gasteiger partial charge in [0.2, 0.25) is 0 Å². The minimum absolute atomic E-state index is 0.0304. The van der Waals surface area contributed by atoms with Crippen LogP contribution in [0.15, 0.2) is 28.7 Å². The second-order valence-electron chi connectivity index (χ2n) is 4.36. The van der Waals surface area contributed by atoms with Crippen molar-refractivity contribution in [1.82, 2.24) is 0 Å². The van der Waals surface area contributed by atoms with Crippen LogP contribution in [0.3, 0.4) is 0 Å². The van der Waals surface area contributed by atoms with Crippen molar-refractivity contribution < 1.29 is 19.1 Å². The Morgan fingerprint density at radius 1 is 1.05 bits per heavy atom. The molecular weight excluding hydrogens is 324 g/mol. The first kappa shape index (κ1) is 16.7. The average molecular weight is 343 g/mol. The van der Waals surface area contributed by atoms with Crippen molar-refractivity contribution in [2.75, 3.05) is 6.61 Å². The lowest BCUT2D eigenvalue weighted by molar-refractivity contribution is -0.147. The van der Waals surface area contributed by atoms with E-state index in [4.69, 9.17) is 9.47 Å². The molecule has 0 spiro atoms. The van der Waals surface area contributed by atoms with Gasteiger partial charge < -0.3 is 9.47 Å². The molecule has 1 rings (SSSR count). The largest absolute Gasteiger partial charge is 0.466 e. The summed E-state index contributed by atoms with van der Waals surface area (Å²) < 4.78 is 11.0. The van der Waals surface area contributed by atoms with Crippen molar-refractivity contribution in [3.63, 3.8) is 0 Å². The Morgan fingerprint density at radius 3 is 2.35 bits per heavy atom. The number of esters is 2. The summed E-state index contributed by atoms with van der Waals surface area (Å²) >= 11 is 3.29. The predicted molar refractivity (Wildman–Crippen MR) is 79.5 cm³/mol. The second kappa shape index (κ2) is 9.53. The Labute approximate surface area is 127 Å². The summed E-state index contributed by atoms with van der Waals surface area (Å²) in [6, 6.07) is 6.94. The van der Waals surface area contributed by atoms with Crippen molar-refractivity contribution in [3.05, 3.63) is 28.7 Å². The molecule has 0 fully saturated rings. The molecule has 5 heteroatoms. The van der Waals surface area contributed by atoms with Crippen LogP contribution in [0.2, 0.25) is 0 Å². The number of rotatable bonds is 8. The quantitative estimate of drug-likeness (QED) is 0.408. The van der Waals surface area contributed by atoms with E-state index < -0.39 is 5.97 Å². The first-order chi connectivity index (χ1) is 9.61. The molecule has 20 heavy (non-hydrogen) atoms. The minimum atomic E-state index is -0.433. The number of unbranched alkanes of at least 4 members (excludes halogenated alkanes) is 2. The van der Waals surface area contributed by atoms with Crippen molar-refractivity contribution in [3.8, 4) is 5.75 Å². The topological polar surface area (TPSA) is 52.6 Å². The number of hydrogen-bond acceptors (Lipinski definition) is 4. The highest BCUT2D eigenvalue weighted by Gasteiger charge is 2.10. The Hall–Kier alpha value is -1.36. The van der Waals surface area contributed by atoms with Gasteiger partial charge in [-0.15, -0.1) is 0 Å². The summed E-state index contributed by atoms with van der Waals surface area (Å²) in [5, 5.41) is 0. The van der Waals surface area contributed by atoms with Crippen molar-refractivity contribution >= 4 is 27.9 Å². The molecule has 0 aliphatic carbocycles. The maximum absolute atomic E-state index is 11.5. The van der Waals surface area contributed by atoms with Crippen molar-refractivity contribution in [2.24, 2.45) is 0 Å². The molecule has 0 saturated heterocycles. The molecule has 1 aromatic rings. The van der Waals surface area contributed by atoms with Crippen LogP contribution in [0, 0.1) is 0 Å². The van der Waals surface area contributed by atoms with E-state index in [1.165, 1.54) is 0 Å². The molecule has 0 aromatic heterocycles. The number of ether oxygens (including phenoxy) is 2. The van der Waals surface area contributed by atoms with Gasteiger partial charge in [-0.3, -0.25) is 9.59 Å². The van der Waals surface area contributed by atoms with E-state index in [-0.39, 0.29) is 18.8 Å². The van der Waals surface area contributed by atoms with E-state index in [0.717, 1.165) is 23.7 Å². The third-order valence-corrected chi connectivity index (χ3v) is 3.12. The van der Waals surface area contributed by atoms with E-state index in [0.29, 0.717) is 12.4 Å². The number of halogens is 1. The average Bonchev–Trinajstić information content (AvgIpc) is 2.44.